The number of aliphatic carboxylic acids is 1. The zero-order chi connectivity index (χ0) is 71.5. The van der Waals surface area contributed by atoms with E-state index in [0.29, 0.717) is 19.4 Å². The molecule has 532 valence electrons. The number of primary amides is 2. The zero-order valence-corrected chi connectivity index (χ0v) is 52.8. The summed E-state index contributed by atoms with van der Waals surface area (Å²) in [4.78, 5) is 207. The monoisotopic (exact) mass is 1350 g/mol. The van der Waals surface area contributed by atoms with Gasteiger partial charge in [-0.05, 0) is 70.3 Å². The number of hydrogen-bond donors (Lipinski definition) is 24. The van der Waals surface area contributed by atoms with Crippen LogP contribution in [-0.2, 0) is 76.7 Å². The number of nitrogens with one attached hydrogen (secondary N) is 14. The van der Waals surface area contributed by atoms with Gasteiger partial charge in [-0.15, -0.1) is 0 Å². The summed E-state index contributed by atoms with van der Waals surface area (Å²) in [6, 6.07) is -19.4. The first-order chi connectivity index (χ1) is 44.2. The Morgan fingerprint density at radius 2 is 0.883 bits per heavy atom. The highest BCUT2D eigenvalue weighted by Crippen LogP contribution is 2.11. The topological polar surface area (TPSA) is 661 Å². The molecule has 0 aromatic rings. The molecule has 0 aromatic carbocycles. The largest absolute Gasteiger partial charge is 0.481 e. The number of unbranched alkanes of at least 4 members (excludes halogenated alkanes) is 1. The SMILES string of the molecule is CC(C)C[C@H](NC(=O)[C@H](CC(N)=O)NC(=O)[C@@H](NC(=O)[C@H](CO)NC(=O)[C@H](CCC(=O)O)NC(=O)[C@@H]1CCCN1)[C@@H](C)O)C(=O)N[C@@H](CCCCNC(=O)[C@H](CO)NC(=O)[C@H](CO)NC(=O)[C@H](CO)NC(=O)[C@H](CO)NC(=O)[C@@H](NC(=O)CN)C(C)C)C(=O)NCC(N)=O. The Hall–Kier alpha value is -8.80. The molecule has 1 heterocycles. The number of aliphatic hydroxyl groups excluding tert-OH is 6. The van der Waals surface area contributed by atoms with Crippen molar-refractivity contribution < 1.29 is 112 Å². The molecule has 0 bridgehead atoms. The first-order valence-corrected chi connectivity index (χ1v) is 30.0. The molecule has 94 heavy (non-hydrogen) atoms. The van der Waals surface area contributed by atoms with E-state index in [1.807, 2.05) is 5.32 Å². The van der Waals surface area contributed by atoms with E-state index in [2.05, 4.69) is 69.1 Å². The molecule has 1 aliphatic heterocycles. The van der Waals surface area contributed by atoms with Crippen molar-refractivity contribution in [1.29, 1.82) is 0 Å². The van der Waals surface area contributed by atoms with Crippen LogP contribution < -0.4 is 91.6 Å². The number of nitrogens with two attached hydrogens (primary N) is 3. The van der Waals surface area contributed by atoms with Gasteiger partial charge in [-0.25, -0.2) is 0 Å². The summed E-state index contributed by atoms with van der Waals surface area (Å²) in [6.07, 6.45) is -3.10. The highest BCUT2D eigenvalue weighted by molar-refractivity contribution is 6.00. The van der Waals surface area contributed by atoms with Crippen molar-refractivity contribution in [2.75, 3.05) is 59.2 Å². The molecule has 40 nitrogen and oxygen atoms in total. The summed E-state index contributed by atoms with van der Waals surface area (Å²) in [7, 11) is 0. The number of carbonyl (C=O) groups is 16. The van der Waals surface area contributed by atoms with Crippen LogP contribution >= 0.6 is 0 Å². The molecule has 13 atom stereocenters. The highest BCUT2D eigenvalue weighted by Gasteiger charge is 2.38. The van der Waals surface area contributed by atoms with Crippen LogP contribution in [0, 0.1) is 11.8 Å². The lowest BCUT2D eigenvalue weighted by Gasteiger charge is -2.28. The van der Waals surface area contributed by atoms with Crippen LogP contribution in [0.2, 0.25) is 0 Å². The third-order valence-corrected chi connectivity index (χ3v) is 13.9. The summed E-state index contributed by atoms with van der Waals surface area (Å²) < 4.78 is 0. The van der Waals surface area contributed by atoms with E-state index in [4.69, 9.17) is 17.2 Å². The van der Waals surface area contributed by atoms with E-state index in [-0.39, 0.29) is 32.2 Å². The van der Waals surface area contributed by atoms with Gasteiger partial charge in [0, 0.05) is 13.0 Å². The van der Waals surface area contributed by atoms with Crippen LogP contribution in [-0.4, -0.2) is 268 Å². The van der Waals surface area contributed by atoms with Gasteiger partial charge >= 0.3 is 5.97 Å². The number of carbonyl (C=O) groups excluding carboxylic acids is 15. The molecular formula is C54H93N17O23. The van der Waals surface area contributed by atoms with Crippen LogP contribution in [0.4, 0.5) is 0 Å². The molecule has 0 radical (unpaired) electrons. The van der Waals surface area contributed by atoms with E-state index >= 15 is 0 Å². The highest BCUT2D eigenvalue weighted by atomic mass is 16.4. The second-order valence-electron chi connectivity index (χ2n) is 22.5. The van der Waals surface area contributed by atoms with Gasteiger partial charge in [-0.1, -0.05) is 27.7 Å². The minimum atomic E-state index is -1.99. The predicted octanol–water partition coefficient (Wildman–Crippen LogP) is -13.3. The van der Waals surface area contributed by atoms with Gasteiger partial charge in [0.05, 0.1) is 64.7 Å². The Bertz CT molecular complexity index is 2630. The Morgan fingerprint density at radius 3 is 1.32 bits per heavy atom. The third-order valence-electron chi connectivity index (χ3n) is 13.9. The molecule has 0 aromatic heterocycles. The molecule has 0 unspecified atom stereocenters. The van der Waals surface area contributed by atoms with Crippen LogP contribution in [0.1, 0.15) is 92.4 Å². The lowest BCUT2D eigenvalue weighted by molar-refractivity contribution is -0.139. The van der Waals surface area contributed by atoms with Gasteiger partial charge in [-0.2, -0.15) is 0 Å². The summed E-state index contributed by atoms with van der Waals surface area (Å²) in [5, 5.41) is 102. The lowest BCUT2D eigenvalue weighted by atomic mass is 10.0. The molecule has 27 N–H and O–H groups in total. The minimum absolute atomic E-state index is 0.00635. The van der Waals surface area contributed by atoms with Crippen molar-refractivity contribution in [3.63, 3.8) is 0 Å². The van der Waals surface area contributed by atoms with Crippen molar-refractivity contribution in [3.05, 3.63) is 0 Å². The quantitative estimate of drug-likeness (QED) is 0.0252. The summed E-state index contributed by atoms with van der Waals surface area (Å²) in [5.41, 5.74) is 15.9. The molecule has 15 amide bonds. The standard InChI is InChI=1S/C54H93N17O23/c1-24(2)15-30(63-48(88)31(16-37(56)78)64-54(94)42(26(5)77)71-52(92)36(23-76)66-46(86)29(11-12-40(81)82)62-45(85)27-10-8-14-58-27)47(87)61-28(43(83)60-18-38(57)79)9-6-7-13-59-44(84)32(19-72)65-49(89)33(20-73)67-50(90)34(21-74)68-51(91)35(22-75)69-53(93)41(25(3)4)70-39(80)17-55/h24-36,41-42,58,72-77H,6-23,55H2,1-5H3,(H2,56,78)(H2,57,79)(H,59,84)(H,60,83)(H,61,87)(H,62,85)(H,63,88)(H,64,94)(H,65,89)(H,66,86)(H,67,90)(H,68,91)(H,69,93)(H,70,80)(H,71,92)(H,81,82)/t26-,27+,28+,29+,30+,31+,32+,33+,34+,35+,36+,41+,42+/m1/s1. The van der Waals surface area contributed by atoms with Crippen LogP contribution in [0.15, 0.2) is 0 Å². The van der Waals surface area contributed by atoms with E-state index in [0.717, 1.165) is 6.92 Å². The average molecular weight is 1350 g/mol. The van der Waals surface area contributed by atoms with Gasteiger partial charge in [0.1, 0.15) is 66.5 Å². The summed E-state index contributed by atoms with van der Waals surface area (Å²) in [5.74, 6) is -18.3. The van der Waals surface area contributed by atoms with Crippen molar-refractivity contribution >= 4 is 94.6 Å². The Balaban J connectivity index is 3.15. The zero-order valence-electron chi connectivity index (χ0n) is 52.8. The number of carboxylic acids is 1. The normalized spacial score (nSPS) is 16.5. The number of aliphatic hydroxyl groups is 6. The fourth-order valence-electron chi connectivity index (χ4n) is 8.76. The summed E-state index contributed by atoms with van der Waals surface area (Å²) in [6.45, 7) is 1.10. The molecule has 40 heteroatoms. The van der Waals surface area contributed by atoms with E-state index in [1.54, 1.807) is 27.7 Å². The smallest absolute Gasteiger partial charge is 0.303 e. The van der Waals surface area contributed by atoms with Gasteiger partial charge in [0.15, 0.2) is 0 Å². The number of rotatable bonds is 45. The number of hydrogen-bond acceptors (Lipinski definition) is 24. The second kappa shape index (κ2) is 43.2. The Morgan fingerprint density at radius 1 is 0.468 bits per heavy atom. The Labute approximate surface area is 539 Å². The molecule has 1 aliphatic rings. The molecule has 0 saturated carbocycles. The maximum atomic E-state index is 14.0. The summed E-state index contributed by atoms with van der Waals surface area (Å²) >= 11 is 0. The molecular weight excluding hydrogens is 1250 g/mol. The van der Waals surface area contributed by atoms with Crippen molar-refractivity contribution in [3.8, 4) is 0 Å². The number of amides is 15. The molecule has 1 saturated heterocycles. The fourth-order valence-corrected chi connectivity index (χ4v) is 8.76. The van der Waals surface area contributed by atoms with E-state index in [1.165, 1.54) is 0 Å². The van der Waals surface area contributed by atoms with E-state index < -0.39 is 250 Å². The van der Waals surface area contributed by atoms with Gasteiger partial charge < -0.3 is 127 Å². The molecule has 1 rings (SSSR count). The van der Waals surface area contributed by atoms with Crippen LogP contribution in [0.3, 0.4) is 0 Å². The lowest BCUT2D eigenvalue weighted by Crippen LogP contribution is -2.62. The fraction of sp³-hybridized carbons (Fsp3) is 0.704. The minimum Gasteiger partial charge on any atom is -0.481 e. The maximum absolute atomic E-state index is 14.0. The van der Waals surface area contributed by atoms with Crippen molar-refractivity contribution in [1.82, 2.24) is 74.4 Å². The average Bonchev–Trinajstić information content (AvgIpc) is 0.899. The molecule has 0 aliphatic carbocycles. The van der Waals surface area contributed by atoms with Gasteiger partial charge in [-0.3, -0.25) is 76.7 Å². The first kappa shape index (κ1) is 83.2. The van der Waals surface area contributed by atoms with Crippen LogP contribution in [0.25, 0.3) is 0 Å². The number of carboxylic acid groups (broad SMARTS) is 1. The molecule has 0 spiro atoms. The molecule has 1 fully saturated rings. The van der Waals surface area contributed by atoms with Gasteiger partial charge in [0.25, 0.3) is 0 Å². The van der Waals surface area contributed by atoms with Crippen LogP contribution in [0.5, 0.6) is 0 Å². The third kappa shape index (κ3) is 30.3. The van der Waals surface area contributed by atoms with Crippen molar-refractivity contribution in [2.24, 2.45) is 29.0 Å². The maximum Gasteiger partial charge on any atom is 0.303 e. The Kier molecular flexibility index (Phi) is 38.2. The van der Waals surface area contributed by atoms with Crippen molar-refractivity contribution in [2.45, 2.75) is 171 Å². The van der Waals surface area contributed by atoms with E-state index in [9.17, 15) is 112 Å². The first-order valence-electron chi connectivity index (χ1n) is 30.0. The predicted molar refractivity (Wildman–Crippen MR) is 322 cm³/mol. The van der Waals surface area contributed by atoms with Gasteiger partial charge in [0.2, 0.25) is 88.6 Å². The second-order valence-corrected chi connectivity index (χ2v) is 22.5.